The van der Waals surface area contributed by atoms with Gasteiger partial charge in [0.15, 0.2) is 6.29 Å². The molecule has 0 amide bonds. The molecule has 11 N–H and O–H groups in total. The molecule has 0 saturated heterocycles. The fourth-order valence-electron chi connectivity index (χ4n) is 8.21. The van der Waals surface area contributed by atoms with Gasteiger partial charge in [-0.05, 0) is 50.4 Å². The monoisotopic (exact) mass is 518 g/mol. The maximum atomic E-state index is 11.8. The van der Waals surface area contributed by atoms with Crippen LogP contribution in [0.2, 0.25) is 0 Å². The van der Waals surface area contributed by atoms with E-state index in [1.54, 1.807) is 6.92 Å². The Kier molecular flexibility index (Phi) is 7.36. The molecule has 11 heteroatoms. The van der Waals surface area contributed by atoms with Gasteiger partial charge >= 0.3 is 0 Å². The van der Waals surface area contributed by atoms with Crippen LogP contribution in [0, 0.1) is 29.6 Å². The van der Waals surface area contributed by atoms with Crippen LogP contribution in [-0.4, -0.2) is 110 Å². The summed E-state index contributed by atoms with van der Waals surface area (Å²) >= 11 is 0. The lowest BCUT2D eigenvalue weighted by atomic mass is 9.45. The Morgan fingerprint density at radius 3 is 2.17 bits per heavy atom. The Morgan fingerprint density at radius 2 is 1.61 bits per heavy atom. The number of hydrogen-bond donors (Lipinski definition) is 11. The number of hydrogen-bond acceptors (Lipinski definition) is 11. The molecular weight excluding hydrogens is 476 g/mol. The molecule has 4 aliphatic carbocycles. The van der Waals surface area contributed by atoms with E-state index in [1.165, 1.54) is 0 Å². The molecule has 0 aromatic carbocycles. The summed E-state index contributed by atoms with van der Waals surface area (Å²) in [5.41, 5.74) is -7.98. The van der Waals surface area contributed by atoms with Gasteiger partial charge in [0.1, 0.15) is 23.1 Å². The van der Waals surface area contributed by atoms with E-state index >= 15 is 0 Å². The molecule has 4 aliphatic rings. The van der Waals surface area contributed by atoms with Crippen LogP contribution in [0.25, 0.3) is 0 Å². The molecule has 13 unspecified atom stereocenters. The lowest BCUT2D eigenvalue weighted by molar-refractivity contribution is -0.344. The van der Waals surface area contributed by atoms with Gasteiger partial charge in [0.05, 0.1) is 35.6 Å². The summed E-state index contributed by atoms with van der Waals surface area (Å²) in [5, 5.41) is 119. The first-order valence-electron chi connectivity index (χ1n) is 13.0. The Labute approximate surface area is 210 Å². The molecule has 0 heterocycles. The normalized spacial score (nSPS) is 52.0. The second kappa shape index (κ2) is 9.41. The molecule has 0 aromatic heterocycles. The number of rotatable bonds is 5. The zero-order valence-electron chi connectivity index (χ0n) is 20.7. The van der Waals surface area contributed by atoms with E-state index in [1.807, 2.05) is 6.92 Å². The molecule has 208 valence electrons. The van der Waals surface area contributed by atoms with Crippen molar-refractivity contribution in [3.05, 3.63) is 11.3 Å². The summed E-state index contributed by atoms with van der Waals surface area (Å²) in [6.45, 7) is 3.63. The van der Waals surface area contributed by atoms with Gasteiger partial charge in [-0.2, -0.15) is 0 Å². The van der Waals surface area contributed by atoms with Crippen molar-refractivity contribution in [2.75, 3.05) is 0 Å². The molecule has 11 nitrogen and oxygen atoms in total. The molecule has 0 radical (unpaired) electrons. The number of aliphatic hydroxyl groups excluding tert-OH is 7. The minimum atomic E-state index is -2.85. The highest BCUT2D eigenvalue weighted by molar-refractivity contribution is 5.35. The Balaban J connectivity index is 1.74. The minimum absolute atomic E-state index is 0.00356. The SMILES string of the molecule is CCC1CC(CCC(C)O)C(O)C2C(O)C3C(O)C4(O)C(O)C(C(O)O)=C(O)CC4(O)CC3(O)CC12. The van der Waals surface area contributed by atoms with Crippen LogP contribution in [-0.2, 0) is 0 Å². The lowest BCUT2D eigenvalue weighted by Gasteiger charge is -2.66. The zero-order valence-corrected chi connectivity index (χ0v) is 20.7. The van der Waals surface area contributed by atoms with Gasteiger partial charge < -0.3 is 56.2 Å². The number of fused-ring (bicyclic) bond motifs is 3. The minimum Gasteiger partial charge on any atom is -0.512 e. The molecule has 0 bridgehead atoms. The van der Waals surface area contributed by atoms with Crippen molar-refractivity contribution in [3.8, 4) is 0 Å². The van der Waals surface area contributed by atoms with Crippen LogP contribution in [0.4, 0.5) is 0 Å². The third kappa shape index (κ3) is 3.95. The first kappa shape index (κ1) is 28.2. The highest BCUT2D eigenvalue weighted by Crippen LogP contribution is 2.61. The van der Waals surface area contributed by atoms with Crippen LogP contribution in [0.3, 0.4) is 0 Å². The average Bonchev–Trinajstić information content (AvgIpc) is 2.75. The van der Waals surface area contributed by atoms with Gasteiger partial charge in [-0.15, -0.1) is 0 Å². The highest BCUT2D eigenvalue weighted by Gasteiger charge is 2.75. The van der Waals surface area contributed by atoms with Crippen molar-refractivity contribution in [1.29, 1.82) is 0 Å². The van der Waals surface area contributed by atoms with Crippen LogP contribution in [0.1, 0.15) is 58.8 Å². The third-order valence-corrected chi connectivity index (χ3v) is 9.95. The molecule has 4 rings (SSSR count). The Hall–Kier alpha value is -0.860. The molecule has 36 heavy (non-hydrogen) atoms. The summed E-state index contributed by atoms with van der Waals surface area (Å²) in [5.74, 6) is -3.62. The second-order valence-electron chi connectivity index (χ2n) is 12.0. The third-order valence-electron chi connectivity index (χ3n) is 9.95. The topological polar surface area (TPSA) is 223 Å². The Bertz CT molecular complexity index is 863. The predicted octanol–water partition coefficient (Wildman–Crippen LogP) is -1.99. The highest BCUT2D eigenvalue weighted by atomic mass is 16.5. The fraction of sp³-hybridized carbons (Fsp3) is 0.920. The standard InChI is InChI=1S/C25H42O11/c1-3-11-6-12(5-4-10(2)26)18(28)15-13(11)7-23(34)9-24(35)8-14(27)16(22(32)33)20(30)25(24,36)21(31)17(23)19(15)29/h10-13,15,17-22,26-36H,3-9H2,1-2H3. The average molecular weight is 519 g/mol. The van der Waals surface area contributed by atoms with Crippen molar-refractivity contribution in [2.45, 2.75) is 112 Å². The Morgan fingerprint density at radius 1 is 0.972 bits per heavy atom. The lowest BCUT2D eigenvalue weighted by Crippen LogP contribution is -2.81. The first-order valence-corrected chi connectivity index (χ1v) is 13.0. The summed E-state index contributed by atoms with van der Waals surface area (Å²) in [6.07, 6.45) is -8.98. The molecule has 0 aliphatic heterocycles. The maximum Gasteiger partial charge on any atom is 0.180 e. The largest absolute Gasteiger partial charge is 0.512 e. The quantitative estimate of drug-likeness (QED) is 0.179. The van der Waals surface area contributed by atoms with E-state index in [2.05, 4.69) is 0 Å². The van der Waals surface area contributed by atoms with Gasteiger partial charge in [0.2, 0.25) is 0 Å². The van der Waals surface area contributed by atoms with E-state index in [0.717, 1.165) is 0 Å². The van der Waals surface area contributed by atoms with E-state index in [9.17, 15) is 56.2 Å². The molecule has 3 fully saturated rings. The zero-order chi connectivity index (χ0) is 27.0. The van der Waals surface area contributed by atoms with Gasteiger partial charge in [0, 0.05) is 24.7 Å². The van der Waals surface area contributed by atoms with Crippen molar-refractivity contribution in [3.63, 3.8) is 0 Å². The predicted molar refractivity (Wildman–Crippen MR) is 124 cm³/mol. The molecule has 0 aromatic rings. The van der Waals surface area contributed by atoms with E-state index in [-0.39, 0.29) is 24.2 Å². The maximum absolute atomic E-state index is 11.8. The van der Waals surface area contributed by atoms with Crippen molar-refractivity contribution in [1.82, 2.24) is 0 Å². The summed E-state index contributed by atoms with van der Waals surface area (Å²) in [6, 6.07) is 0. The fourth-order valence-corrected chi connectivity index (χ4v) is 8.21. The first-order chi connectivity index (χ1) is 16.6. The summed E-state index contributed by atoms with van der Waals surface area (Å²) in [4.78, 5) is 0. The summed E-state index contributed by atoms with van der Waals surface area (Å²) in [7, 11) is 0. The smallest absolute Gasteiger partial charge is 0.180 e. The van der Waals surface area contributed by atoms with Crippen LogP contribution < -0.4 is 0 Å². The van der Waals surface area contributed by atoms with Gasteiger partial charge in [0.25, 0.3) is 0 Å². The van der Waals surface area contributed by atoms with E-state index < -0.39 is 89.6 Å². The molecule has 13 atom stereocenters. The van der Waals surface area contributed by atoms with Crippen molar-refractivity contribution >= 4 is 0 Å². The molecule has 0 spiro atoms. The van der Waals surface area contributed by atoms with Crippen molar-refractivity contribution in [2.24, 2.45) is 29.6 Å². The second-order valence-corrected chi connectivity index (χ2v) is 12.0. The van der Waals surface area contributed by atoms with E-state index in [4.69, 9.17) is 0 Å². The molecular formula is C25H42O11. The van der Waals surface area contributed by atoms with Gasteiger partial charge in [-0.25, -0.2) is 0 Å². The van der Waals surface area contributed by atoms with Crippen LogP contribution in [0.15, 0.2) is 11.3 Å². The number of aliphatic hydroxyl groups is 11. The molecule has 3 saturated carbocycles. The van der Waals surface area contributed by atoms with E-state index in [0.29, 0.717) is 25.7 Å². The van der Waals surface area contributed by atoms with Crippen molar-refractivity contribution < 1.29 is 56.2 Å². The van der Waals surface area contributed by atoms with Gasteiger partial charge in [-0.1, -0.05) is 13.3 Å². The summed E-state index contributed by atoms with van der Waals surface area (Å²) < 4.78 is 0. The van der Waals surface area contributed by atoms with Crippen LogP contribution >= 0.6 is 0 Å². The van der Waals surface area contributed by atoms with Gasteiger partial charge in [-0.3, -0.25) is 0 Å². The van der Waals surface area contributed by atoms with Crippen LogP contribution in [0.5, 0.6) is 0 Å².